The zero-order chi connectivity index (χ0) is 14.2. The van der Waals surface area contributed by atoms with Crippen LogP contribution in [0.15, 0.2) is 12.1 Å². The number of nitrogens with zero attached hydrogens (tertiary/aromatic N) is 2. The lowest BCUT2D eigenvalue weighted by Gasteiger charge is -2.29. The molecule has 0 amide bonds. The highest BCUT2D eigenvalue weighted by Gasteiger charge is 2.29. The number of sulfonamides is 1. The molecule has 0 bridgehead atoms. The minimum absolute atomic E-state index is 0.364. The lowest BCUT2D eigenvalue weighted by Crippen LogP contribution is -2.40. The largest absolute Gasteiger partial charge is 0.257 e. The van der Waals surface area contributed by atoms with Crippen molar-refractivity contribution in [2.75, 3.05) is 6.54 Å². The van der Waals surface area contributed by atoms with E-state index in [-0.39, 0.29) is 5.25 Å². The highest BCUT2D eigenvalue weighted by atomic mass is 32.2. The van der Waals surface area contributed by atoms with Crippen molar-refractivity contribution < 1.29 is 8.42 Å². The minimum Gasteiger partial charge on any atom is -0.257 e. The van der Waals surface area contributed by atoms with E-state index in [1.165, 1.54) is 0 Å². The van der Waals surface area contributed by atoms with Crippen LogP contribution in [0.2, 0.25) is 0 Å². The van der Waals surface area contributed by atoms with Crippen molar-refractivity contribution in [3.8, 4) is 0 Å². The lowest BCUT2D eigenvalue weighted by molar-refractivity contribution is 0.383. The second-order valence-electron chi connectivity index (χ2n) is 5.67. The van der Waals surface area contributed by atoms with Crippen molar-refractivity contribution in [1.29, 1.82) is 0 Å². The van der Waals surface area contributed by atoms with E-state index in [1.807, 2.05) is 12.1 Å². The molecule has 0 radical (unpaired) electrons. The monoisotopic (exact) mass is 282 g/mol. The molecule has 0 N–H and O–H groups in total. The van der Waals surface area contributed by atoms with Gasteiger partial charge in [0.15, 0.2) is 0 Å². The molecule has 2 rings (SSSR count). The SMILES string of the molecule is CC(C)c1ccc2c(n1)CCN(S(=O)(=O)C(C)C)C2. The summed E-state index contributed by atoms with van der Waals surface area (Å²) in [6, 6.07) is 4.04. The van der Waals surface area contributed by atoms with Crippen LogP contribution in [0.5, 0.6) is 0 Å². The molecule has 4 nitrogen and oxygen atoms in total. The van der Waals surface area contributed by atoms with E-state index >= 15 is 0 Å². The fraction of sp³-hybridized carbons (Fsp3) is 0.643. The lowest BCUT2D eigenvalue weighted by atomic mass is 10.0. The van der Waals surface area contributed by atoms with Crippen molar-refractivity contribution >= 4 is 10.0 Å². The van der Waals surface area contributed by atoms with Gasteiger partial charge < -0.3 is 0 Å². The molecule has 0 saturated heterocycles. The van der Waals surface area contributed by atoms with E-state index in [9.17, 15) is 8.42 Å². The predicted molar refractivity (Wildman–Crippen MR) is 76.5 cm³/mol. The molecule has 0 fully saturated rings. The first kappa shape index (κ1) is 14.5. The number of fused-ring (bicyclic) bond motifs is 1. The van der Waals surface area contributed by atoms with Gasteiger partial charge in [-0.3, -0.25) is 4.98 Å². The third-order valence-corrected chi connectivity index (χ3v) is 5.80. The highest BCUT2D eigenvalue weighted by molar-refractivity contribution is 7.89. The zero-order valence-corrected chi connectivity index (χ0v) is 12.9. The molecule has 1 aromatic rings. The van der Waals surface area contributed by atoms with Crippen molar-refractivity contribution in [2.24, 2.45) is 0 Å². The van der Waals surface area contributed by atoms with Crippen LogP contribution in [0.3, 0.4) is 0 Å². The highest BCUT2D eigenvalue weighted by Crippen LogP contribution is 2.23. The molecule has 0 atom stereocenters. The molecule has 5 heteroatoms. The molecule has 19 heavy (non-hydrogen) atoms. The first-order chi connectivity index (χ1) is 8.82. The first-order valence-electron chi connectivity index (χ1n) is 6.80. The maximum absolute atomic E-state index is 12.2. The van der Waals surface area contributed by atoms with Gasteiger partial charge in [0.2, 0.25) is 10.0 Å². The fourth-order valence-electron chi connectivity index (χ4n) is 2.24. The van der Waals surface area contributed by atoms with Gasteiger partial charge in [0.1, 0.15) is 0 Å². The average Bonchev–Trinajstić information content (AvgIpc) is 2.37. The third kappa shape index (κ3) is 2.82. The summed E-state index contributed by atoms with van der Waals surface area (Å²) in [6.45, 7) is 8.69. The zero-order valence-electron chi connectivity index (χ0n) is 12.0. The summed E-state index contributed by atoms with van der Waals surface area (Å²) in [5.41, 5.74) is 3.18. The fourth-order valence-corrected chi connectivity index (χ4v) is 3.51. The Kier molecular flexibility index (Phi) is 3.97. The summed E-state index contributed by atoms with van der Waals surface area (Å²) in [6.07, 6.45) is 0.710. The molecular weight excluding hydrogens is 260 g/mol. The Morgan fingerprint density at radius 3 is 2.47 bits per heavy atom. The summed E-state index contributed by atoms with van der Waals surface area (Å²) in [5.74, 6) is 0.405. The molecule has 1 aliphatic heterocycles. The summed E-state index contributed by atoms with van der Waals surface area (Å²) in [7, 11) is -3.16. The van der Waals surface area contributed by atoms with E-state index < -0.39 is 10.0 Å². The Bertz CT molecular complexity index is 565. The van der Waals surface area contributed by atoms with Gasteiger partial charge in [0.05, 0.1) is 5.25 Å². The molecule has 1 aliphatic rings. The normalized spacial score (nSPS) is 16.9. The van der Waals surface area contributed by atoms with Gasteiger partial charge in [0, 0.05) is 30.9 Å². The van der Waals surface area contributed by atoms with E-state index in [1.54, 1.807) is 18.2 Å². The Labute approximate surface area is 115 Å². The minimum atomic E-state index is -3.16. The van der Waals surface area contributed by atoms with Gasteiger partial charge in [0.25, 0.3) is 0 Å². The van der Waals surface area contributed by atoms with Crippen LogP contribution in [0.4, 0.5) is 0 Å². The molecular formula is C14H22N2O2S. The maximum Gasteiger partial charge on any atom is 0.216 e. The number of aromatic nitrogens is 1. The van der Waals surface area contributed by atoms with Crippen LogP contribution >= 0.6 is 0 Å². The van der Waals surface area contributed by atoms with Gasteiger partial charge in [-0.2, -0.15) is 4.31 Å². The van der Waals surface area contributed by atoms with Crippen LogP contribution < -0.4 is 0 Å². The second-order valence-corrected chi connectivity index (χ2v) is 8.16. The number of pyridine rings is 1. The molecule has 106 valence electrons. The van der Waals surface area contributed by atoms with Gasteiger partial charge in [-0.05, 0) is 31.4 Å². The maximum atomic E-state index is 12.2. The molecule has 0 spiro atoms. The van der Waals surface area contributed by atoms with Gasteiger partial charge >= 0.3 is 0 Å². The topological polar surface area (TPSA) is 50.3 Å². The van der Waals surface area contributed by atoms with Crippen LogP contribution in [0.25, 0.3) is 0 Å². The number of hydrogen-bond acceptors (Lipinski definition) is 3. The Morgan fingerprint density at radius 1 is 1.21 bits per heavy atom. The van der Waals surface area contributed by atoms with E-state index in [4.69, 9.17) is 0 Å². The third-order valence-electron chi connectivity index (χ3n) is 3.58. The summed E-state index contributed by atoms with van der Waals surface area (Å²) < 4.78 is 25.9. The Morgan fingerprint density at radius 2 is 1.89 bits per heavy atom. The number of rotatable bonds is 3. The van der Waals surface area contributed by atoms with Crippen LogP contribution in [0, 0.1) is 0 Å². The Balaban J connectivity index is 2.27. The molecule has 0 saturated carbocycles. The molecule has 0 unspecified atom stereocenters. The van der Waals surface area contributed by atoms with Crippen LogP contribution in [-0.2, 0) is 23.0 Å². The summed E-state index contributed by atoms with van der Waals surface area (Å²) in [5, 5.41) is -0.364. The second kappa shape index (κ2) is 5.21. The van der Waals surface area contributed by atoms with Gasteiger partial charge in [-0.25, -0.2) is 8.42 Å². The standard InChI is InChI=1S/C14H22N2O2S/c1-10(2)13-6-5-12-9-16(8-7-14(12)15-13)19(17,18)11(3)4/h5-6,10-11H,7-9H2,1-4H3. The van der Waals surface area contributed by atoms with Crippen molar-refractivity contribution in [3.05, 3.63) is 29.1 Å². The first-order valence-corrected chi connectivity index (χ1v) is 8.30. The van der Waals surface area contributed by atoms with Crippen molar-refractivity contribution in [3.63, 3.8) is 0 Å². The van der Waals surface area contributed by atoms with Gasteiger partial charge in [-0.15, -0.1) is 0 Å². The van der Waals surface area contributed by atoms with Crippen molar-refractivity contribution in [2.45, 2.75) is 51.8 Å². The quantitative estimate of drug-likeness (QED) is 0.854. The van der Waals surface area contributed by atoms with Crippen molar-refractivity contribution in [1.82, 2.24) is 9.29 Å². The molecule has 0 aliphatic carbocycles. The molecule has 0 aromatic carbocycles. The number of hydrogen-bond donors (Lipinski definition) is 0. The van der Waals surface area contributed by atoms with Gasteiger partial charge in [-0.1, -0.05) is 19.9 Å². The molecule has 2 heterocycles. The van der Waals surface area contributed by atoms with E-state index in [0.717, 1.165) is 17.0 Å². The molecule has 1 aromatic heterocycles. The smallest absolute Gasteiger partial charge is 0.216 e. The van der Waals surface area contributed by atoms with Crippen LogP contribution in [0.1, 0.15) is 50.6 Å². The average molecular weight is 282 g/mol. The van der Waals surface area contributed by atoms with E-state index in [2.05, 4.69) is 18.8 Å². The van der Waals surface area contributed by atoms with E-state index in [0.29, 0.717) is 25.4 Å². The predicted octanol–water partition coefficient (Wildman–Crippen LogP) is 2.30. The summed E-state index contributed by atoms with van der Waals surface area (Å²) >= 11 is 0. The summed E-state index contributed by atoms with van der Waals surface area (Å²) in [4.78, 5) is 4.65. The Hall–Kier alpha value is -0.940. The van der Waals surface area contributed by atoms with Crippen LogP contribution in [-0.4, -0.2) is 29.5 Å².